The van der Waals surface area contributed by atoms with Crippen molar-refractivity contribution in [2.75, 3.05) is 26.2 Å². The summed E-state index contributed by atoms with van der Waals surface area (Å²) in [6, 6.07) is 8.53. The van der Waals surface area contributed by atoms with Gasteiger partial charge in [-0.3, -0.25) is 25.0 Å². The minimum Gasteiger partial charge on any atom is -0.336 e. The molecule has 0 atom stereocenters. The molecular formula is C17H15ClN4O7S. The number of nitro groups is 2. The Morgan fingerprint density at radius 1 is 0.967 bits per heavy atom. The second-order valence-corrected chi connectivity index (χ2v) is 8.66. The van der Waals surface area contributed by atoms with Gasteiger partial charge in [0.15, 0.2) is 4.90 Å². The summed E-state index contributed by atoms with van der Waals surface area (Å²) < 4.78 is 26.8. The predicted molar refractivity (Wildman–Crippen MR) is 106 cm³/mol. The van der Waals surface area contributed by atoms with E-state index in [0.29, 0.717) is 0 Å². The topological polar surface area (TPSA) is 144 Å². The van der Waals surface area contributed by atoms with E-state index in [1.54, 1.807) is 0 Å². The molecule has 158 valence electrons. The van der Waals surface area contributed by atoms with Gasteiger partial charge in [0.05, 0.1) is 20.4 Å². The van der Waals surface area contributed by atoms with Crippen molar-refractivity contribution in [3.8, 4) is 0 Å². The molecule has 0 saturated carbocycles. The van der Waals surface area contributed by atoms with Gasteiger partial charge in [-0.15, -0.1) is 0 Å². The lowest BCUT2D eigenvalue weighted by Gasteiger charge is -2.34. The molecule has 0 radical (unpaired) electrons. The maximum Gasteiger partial charge on any atom is 0.289 e. The Morgan fingerprint density at radius 2 is 1.60 bits per heavy atom. The maximum absolute atomic E-state index is 12.9. The first-order valence-electron chi connectivity index (χ1n) is 8.59. The van der Waals surface area contributed by atoms with Crippen LogP contribution in [0.2, 0.25) is 5.02 Å². The highest BCUT2D eigenvalue weighted by atomic mass is 35.5. The third-order valence-electron chi connectivity index (χ3n) is 4.60. The fraction of sp³-hybridized carbons (Fsp3) is 0.235. The van der Waals surface area contributed by atoms with E-state index in [2.05, 4.69) is 0 Å². The molecular weight excluding hydrogens is 440 g/mol. The summed E-state index contributed by atoms with van der Waals surface area (Å²) in [6.07, 6.45) is 0. The summed E-state index contributed by atoms with van der Waals surface area (Å²) in [5, 5.41) is 22.2. The number of para-hydroxylation sites is 1. The van der Waals surface area contributed by atoms with Crippen LogP contribution in [-0.2, 0) is 10.0 Å². The number of carbonyl (C=O) groups excluding carboxylic acids is 1. The minimum atomic E-state index is -4.14. The monoisotopic (exact) mass is 454 g/mol. The fourth-order valence-corrected chi connectivity index (χ4v) is 4.84. The summed E-state index contributed by atoms with van der Waals surface area (Å²) in [4.78, 5) is 34.3. The molecule has 1 heterocycles. The fourth-order valence-electron chi connectivity index (χ4n) is 3.06. The van der Waals surface area contributed by atoms with E-state index in [9.17, 15) is 33.4 Å². The highest BCUT2D eigenvalue weighted by Gasteiger charge is 2.35. The molecule has 13 heteroatoms. The van der Waals surface area contributed by atoms with E-state index in [-0.39, 0.29) is 42.5 Å². The summed E-state index contributed by atoms with van der Waals surface area (Å²) in [5.41, 5.74) is -0.874. The highest BCUT2D eigenvalue weighted by molar-refractivity contribution is 7.89. The van der Waals surface area contributed by atoms with Crippen molar-refractivity contribution in [1.29, 1.82) is 0 Å². The van der Waals surface area contributed by atoms with Gasteiger partial charge in [0.2, 0.25) is 10.0 Å². The van der Waals surface area contributed by atoms with Crippen molar-refractivity contribution >= 4 is 38.9 Å². The van der Waals surface area contributed by atoms with Crippen LogP contribution in [0.3, 0.4) is 0 Å². The lowest BCUT2D eigenvalue weighted by atomic mass is 10.1. The van der Waals surface area contributed by atoms with Gasteiger partial charge >= 0.3 is 0 Å². The molecule has 1 aliphatic heterocycles. The first-order chi connectivity index (χ1) is 14.1. The van der Waals surface area contributed by atoms with Crippen molar-refractivity contribution in [3.63, 3.8) is 0 Å². The second-order valence-electron chi connectivity index (χ2n) is 6.34. The molecule has 0 aliphatic carbocycles. The van der Waals surface area contributed by atoms with Crippen molar-refractivity contribution in [3.05, 3.63) is 73.3 Å². The Bertz CT molecular complexity index is 1130. The van der Waals surface area contributed by atoms with E-state index in [1.165, 1.54) is 29.2 Å². The van der Waals surface area contributed by atoms with Crippen LogP contribution < -0.4 is 0 Å². The van der Waals surface area contributed by atoms with Crippen LogP contribution in [0.4, 0.5) is 11.4 Å². The average molecular weight is 455 g/mol. The van der Waals surface area contributed by atoms with Gasteiger partial charge in [0, 0.05) is 44.4 Å². The molecule has 1 saturated heterocycles. The average Bonchev–Trinajstić information content (AvgIpc) is 2.73. The van der Waals surface area contributed by atoms with Gasteiger partial charge in [-0.1, -0.05) is 23.7 Å². The van der Waals surface area contributed by atoms with E-state index in [1.807, 2.05) is 0 Å². The molecule has 0 bridgehead atoms. The Balaban J connectivity index is 1.78. The predicted octanol–water partition coefficient (Wildman–Crippen LogP) is 2.30. The lowest BCUT2D eigenvalue weighted by molar-refractivity contribution is -0.387. The standard InChI is InChI=1S/C17H15ClN4O7S/c18-14-6-5-12(21(24)25)11-13(14)17(23)19-7-9-20(10-8-19)30(28,29)16-4-2-1-3-15(16)22(26)27/h1-6,11H,7-10H2. The van der Waals surface area contributed by atoms with Crippen LogP contribution >= 0.6 is 11.6 Å². The first kappa shape index (κ1) is 21.6. The Hall–Kier alpha value is -3.09. The minimum absolute atomic E-state index is 0.00227. The third-order valence-corrected chi connectivity index (χ3v) is 6.87. The molecule has 3 rings (SSSR count). The zero-order valence-electron chi connectivity index (χ0n) is 15.3. The van der Waals surface area contributed by atoms with Crippen LogP contribution in [0.25, 0.3) is 0 Å². The largest absolute Gasteiger partial charge is 0.336 e. The third kappa shape index (κ3) is 4.10. The number of piperazine rings is 1. The number of sulfonamides is 1. The number of benzene rings is 2. The van der Waals surface area contributed by atoms with E-state index < -0.39 is 36.4 Å². The second kappa shape index (κ2) is 8.34. The van der Waals surface area contributed by atoms with Gasteiger partial charge in [-0.25, -0.2) is 8.42 Å². The molecule has 1 amide bonds. The van der Waals surface area contributed by atoms with Crippen LogP contribution in [0.5, 0.6) is 0 Å². The van der Waals surface area contributed by atoms with Crippen LogP contribution in [-0.4, -0.2) is 59.6 Å². The molecule has 30 heavy (non-hydrogen) atoms. The van der Waals surface area contributed by atoms with E-state index in [0.717, 1.165) is 22.5 Å². The Labute approximate surface area is 175 Å². The maximum atomic E-state index is 12.9. The van der Waals surface area contributed by atoms with Crippen molar-refractivity contribution in [2.45, 2.75) is 4.90 Å². The van der Waals surface area contributed by atoms with Crippen molar-refractivity contribution in [2.24, 2.45) is 0 Å². The van der Waals surface area contributed by atoms with Crippen molar-refractivity contribution < 1.29 is 23.1 Å². The number of halogens is 1. The molecule has 0 spiro atoms. The smallest absolute Gasteiger partial charge is 0.289 e. The summed E-state index contributed by atoms with van der Waals surface area (Å²) >= 11 is 6.00. The number of hydrogen-bond donors (Lipinski definition) is 0. The first-order valence-corrected chi connectivity index (χ1v) is 10.4. The molecule has 2 aromatic rings. The summed E-state index contributed by atoms with van der Waals surface area (Å²) in [6.45, 7) is -0.186. The Morgan fingerprint density at radius 3 is 2.20 bits per heavy atom. The van der Waals surface area contributed by atoms with Crippen LogP contribution in [0.15, 0.2) is 47.4 Å². The molecule has 0 N–H and O–H groups in total. The molecule has 0 unspecified atom stereocenters. The number of carbonyl (C=O) groups is 1. The number of hydrogen-bond acceptors (Lipinski definition) is 7. The Kier molecular flexibility index (Phi) is 6.01. The van der Waals surface area contributed by atoms with Crippen LogP contribution in [0, 0.1) is 20.2 Å². The SMILES string of the molecule is O=C(c1cc([N+](=O)[O-])ccc1Cl)N1CCN(S(=O)(=O)c2ccccc2[N+](=O)[O-])CC1. The number of rotatable bonds is 5. The van der Waals surface area contributed by atoms with Gasteiger partial charge in [-0.2, -0.15) is 4.31 Å². The van der Waals surface area contributed by atoms with Crippen molar-refractivity contribution in [1.82, 2.24) is 9.21 Å². The zero-order valence-corrected chi connectivity index (χ0v) is 16.9. The number of nitrogens with zero attached hydrogens (tertiary/aromatic N) is 4. The quantitative estimate of drug-likeness (QED) is 0.497. The number of amides is 1. The molecule has 0 aromatic heterocycles. The molecule has 2 aromatic carbocycles. The van der Waals surface area contributed by atoms with Gasteiger partial charge in [0.1, 0.15) is 0 Å². The molecule has 1 fully saturated rings. The van der Waals surface area contributed by atoms with Gasteiger partial charge in [0.25, 0.3) is 17.3 Å². The summed E-state index contributed by atoms with van der Waals surface area (Å²) in [5.74, 6) is -0.563. The van der Waals surface area contributed by atoms with Crippen LogP contribution in [0.1, 0.15) is 10.4 Å². The molecule has 1 aliphatic rings. The molecule has 11 nitrogen and oxygen atoms in total. The van der Waals surface area contributed by atoms with Gasteiger partial charge < -0.3 is 4.90 Å². The number of non-ortho nitro benzene ring substituents is 1. The van der Waals surface area contributed by atoms with Gasteiger partial charge in [-0.05, 0) is 12.1 Å². The number of nitro benzene ring substituents is 2. The van der Waals surface area contributed by atoms with E-state index >= 15 is 0 Å². The van der Waals surface area contributed by atoms with E-state index in [4.69, 9.17) is 11.6 Å². The summed E-state index contributed by atoms with van der Waals surface area (Å²) in [7, 11) is -4.14. The normalized spacial score (nSPS) is 15.0. The lowest BCUT2D eigenvalue weighted by Crippen LogP contribution is -2.50. The highest BCUT2D eigenvalue weighted by Crippen LogP contribution is 2.28. The zero-order chi connectivity index (χ0) is 22.1.